The number of nitrogens with zero attached hydrogens (tertiary/aromatic N) is 1. The maximum absolute atomic E-state index is 12.3. The second-order valence-corrected chi connectivity index (χ2v) is 5.76. The van der Waals surface area contributed by atoms with E-state index in [1.165, 1.54) is 11.8 Å². The lowest BCUT2D eigenvalue weighted by Gasteiger charge is -2.24. The molecule has 0 unspecified atom stereocenters. The van der Waals surface area contributed by atoms with Gasteiger partial charge in [-0.05, 0) is 49.6 Å². The van der Waals surface area contributed by atoms with Crippen molar-refractivity contribution >= 4 is 23.2 Å². The number of hydrogen-bond donors (Lipinski definition) is 1. The molecule has 4 nitrogen and oxygen atoms in total. The van der Waals surface area contributed by atoms with Gasteiger partial charge in [-0.3, -0.25) is 9.59 Å². The highest BCUT2D eigenvalue weighted by molar-refractivity contribution is 6.02. The Kier molecular flexibility index (Phi) is 5.16. The van der Waals surface area contributed by atoms with Gasteiger partial charge in [0.2, 0.25) is 11.8 Å². The third kappa shape index (κ3) is 4.19. The molecule has 0 aliphatic rings. The summed E-state index contributed by atoms with van der Waals surface area (Å²) in [6.45, 7) is 7.32. The zero-order chi connectivity index (χ0) is 17.0. The average Bonchev–Trinajstić information content (AvgIpc) is 2.45. The van der Waals surface area contributed by atoms with Crippen molar-refractivity contribution in [2.45, 2.75) is 27.7 Å². The van der Waals surface area contributed by atoms with Gasteiger partial charge in [0.1, 0.15) is 6.54 Å². The van der Waals surface area contributed by atoms with Crippen LogP contribution in [-0.2, 0) is 9.59 Å². The molecule has 0 bridgehead atoms. The summed E-state index contributed by atoms with van der Waals surface area (Å²) in [5.74, 6) is -0.366. The molecule has 4 heteroatoms. The van der Waals surface area contributed by atoms with Gasteiger partial charge in [-0.15, -0.1) is 0 Å². The summed E-state index contributed by atoms with van der Waals surface area (Å²) in [6, 6.07) is 13.4. The third-order valence-corrected chi connectivity index (χ3v) is 3.69. The quantitative estimate of drug-likeness (QED) is 0.938. The van der Waals surface area contributed by atoms with E-state index in [9.17, 15) is 9.59 Å². The van der Waals surface area contributed by atoms with Gasteiger partial charge in [-0.2, -0.15) is 0 Å². The van der Waals surface area contributed by atoms with E-state index in [0.29, 0.717) is 0 Å². The lowest BCUT2D eigenvalue weighted by Crippen LogP contribution is -2.37. The van der Waals surface area contributed by atoms with E-state index < -0.39 is 0 Å². The highest BCUT2D eigenvalue weighted by Crippen LogP contribution is 2.24. The predicted molar refractivity (Wildman–Crippen MR) is 93.8 cm³/mol. The molecule has 120 valence electrons. The molecule has 23 heavy (non-hydrogen) atoms. The molecule has 0 aliphatic heterocycles. The van der Waals surface area contributed by atoms with Gasteiger partial charge < -0.3 is 10.2 Å². The summed E-state index contributed by atoms with van der Waals surface area (Å²) in [5.41, 5.74) is 4.56. The molecule has 0 saturated carbocycles. The van der Waals surface area contributed by atoms with Crippen LogP contribution in [0.4, 0.5) is 11.4 Å². The smallest absolute Gasteiger partial charge is 0.244 e. The number of para-hydroxylation sites is 1. The van der Waals surface area contributed by atoms with Crippen LogP contribution < -0.4 is 10.2 Å². The van der Waals surface area contributed by atoms with Gasteiger partial charge in [0.05, 0.1) is 5.69 Å². The van der Waals surface area contributed by atoms with Crippen molar-refractivity contribution in [3.63, 3.8) is 0 Å². The van der Waals surface area contributed by atoms with Crippen molar-refractivity contribution < 1.29 is 9.59 Å². The Morgan fingerprint density at radius 3 is 2.17 bits per heavy atom. The minimum absolute atomic E-state index is 0.00499. The van der Waals surface area contributed by atoms with Crippen molar-refractivity contribution in [1.29, 1.82) is 0 Å². The molecular formula is C19H22N2O2. The number of aryl methyl sites for hydroxylation is 3. The van der Waals surface area contributed by atoms with E-state index in [4.69, 9.17) is 0 Å². The number of amides is 2. The minimum Gasteiger partial charge on any atom is -0.325 e. The highest BCUT2D eigenvalue weighted by atomic mass is 16.2. The number of carbonyl (C=O) groups is 2. The largest absolute Gasteiger partial charge is 0.325 e. The number of carbonyl (C=O) groups excluding carboxylic acids is 2. The Morgan fingerprint density at radius 1 is 1.00 bits per heavy atom. The van der Waals surface area contributed by atoms with Crippen LogP contribution in [0.25, 0.3) is 0 Å². The molecule has 2 aromatic rings. The average molecular weight is 310 g/mol. The second kappa shape index (κ2) is 7.09. The van der Waals surface area contributed by atoms with E-state index in [-0.39, 0.29) is 18.4 Å². The lowest BCUT2D eigenvalue weighted by molar-refractivity contribution is -0.120. The fraction of sp³-hybridized carbons (Fsp3) is 0.263. The Hall–Kier alpha value is -2.62. The molecule has 0 spiro atoms. The van der Waals surface area contributed by atoms with Gasteiger partial charge in [0, 0.05) is 12.6 Å². The Morgan fingerprint density at radius 2 is 1.61 bits per heavy atom. The van der Waals surface area contributed by atoms with Crippen LogP contribution in [0.5, 0.6) is 0 Å². The summed E-state index contributed by atoms with van der Waals surface area (Å²) in [5, 5.41) is 2.84. The maximum Gasteiger partial charge on any atom is 0.244 e. The summed E-state index contributed by atoms with van der Waals surface area (Å²) in [7, 11) is 0. The first kappa shape index (κ1) is 16.7. The van der Waals surface area contributed by atoms with E-state index in [2.05, 4.69) is 5.32 Å². The minimum atomic E-state index is -0.214. The van der Waals surface area contributed by atoms with Crippen LogP contribution in [0.3, 0.4) is 0 Å². The first-order valence-corrected chi connectivity index (χ1v) is 7.59. The number of hydrogen-bond acceptors (Lipinski definition) is 2. The topological polar surface area (TPSA) is 49.4 Å². The number of nitrogens with one attached hydrogen (secondary N) is 1. The molecule has 0 aliphatic carbocycles. The fourth-order valence-corrected chi connectivity index (χ4v) is 2.65. The summed E-state index contributed by atoms with van der Waals surface area (Å²) in [6.07, 6.45) is 0. The molecule has 2 aromatic carbocycles. The zero-order valence-corrected chi connectivity index (χ0v) is 14.0. The monoisotopic (exact) mass is 310 g/mol. The van der Waals surface area contributed by atoms with Gasteiger partial charge in [-0.1, -0.05) is 30.3 Å². The zero-order valence-electron chi connectivity index (χ0n) is 14.0. The molecule has 0 radical (unpaired) electrons. The maximum atomic E-state index is 12.3. The normalized spacial score (nSPS) is 10.3. The van der Waals surface area contributed by atoms with Crippen LogP contribution in [0.15, 0.2) is 42.5 Å². The Labute approximate surface area is 137 Å². The standard InChI is InChI=1S/C19H22N2O2/c1-13-7-5-10-17(11-13)20-18(23)12-21(16(4)22)19-14(2)8-6-9-15(19)3/h5-11H,12H2,1-4H3,(H,20,23). The van der Waals surface area contributed by atoms with Crippen LogP contribution in [-0.4, -0.2) is 18.4 Å². The Bertz CT molecular complexity index is 718. The van der Waals surface area contributed by atoms with E-state index in [1.807, 2.05) is 63.2 Å². The second-order valence-electron chi connectivity index (χ2n) is 5.76. The van der Waals surface area contributed by atoms with Crippen molar-refractivity contribution in [2.75, 3.05) is 16.8 Å². The van der Waals surface area contributed by atoms with Crippen molar-refractivity contribution in [3.05, 3.63) is 59.2 Å². The molecule has 0 heterocycles. The molecule has 2 rings (SSSR count). The first-order chi connectivity index (χ1) is 10.9. The Balaban J connectivity index is 2.20. The molecule has 0 fully saturated rings. The van der Waals surface area contributed by atoms with Gasteiger partial charge in [0.25, 0.3) is 0 Å². The number of anilines is 2. The van der Waals surface area contributed by atoms with Gasteiger partial charge in [-0.25, -0.2) is 0 Å². The molecular weight excluding hydrogens is 288 g/mol. The van der Waals surface area contributed by atoms with Crippen LogP contribution in [0.1, 0.15) is 23.6 Å². The number of benzene rings is 2. The summed E-state index contributed by atoms with van der Waals surface area (Å²) < 4.78 is 0. The van der Waals surface area contributed by atoms with Crippen molar-refractivity contribution in [1.82, 2.24) is 0 Å². The van der Waals surface area contributed by atoms with Crippen LogP contribution in [0, 0.1) is 20.8 Å². The first-order valence-electron chi connectivity index (χ1n) is 7.59. The van der Waals surface area contributed by atoms with Gasteiger partial charge in [0.15, 0.2) is 0 Å². The SMILES string of the molecule is CC(=O)N(CC(=O)Nc1cccc(C)c1)c1c(C)cccc1C. The molecule has 1 N–H and O–H groups in total. The molecule has 0 saturated heterocycles. The van der Waals surface area contributed by atoms with Gasteiger partial charge >= 0.3 is 0 Å². The van der Waals surface area contributed by atoms with Crippen molar-refractivity contribution in [3.8, 4) is 0 Å². The van der Waals surface area contributed by atoms with E-state index >= 15 is 0 Å². The fourth-order valence-electron chi connectivity index (χ4n) is 2.65. The molecule has 2 amide bonds. The van der Waals surface area contributed by atoms with Crippen LogP contribution >= 0.6 is 0 Å². The highest BCUT2D eigenvalue weighted by Gasteiger charge is 2.19. The third-order valence-electron chi connectivity index (χ3n) is 3.69. The molecule has 0 atom stereocenters. The predicted octanol–water partition coefficient (Wildman–Crippen LogP) is 3.60. The van der Waals surface area contributed by atoms with E-state index in [0.717, 1.165) is 28.1 Å². The van der Waals surface area contributed by atoms with E-state index in [1.54, 1.807) is 0 Å². The summed E-state index contributed by atoms with van der Waals surface area (Å²) >= 11 is 0. The lowest BCUT2D eigenvalue weighted by atomic mass is 10.1. The number of rotatable bonds is 4. The molecule has 0 aromatic heterocycles. The van der Waals surface area contributed by atoms with Crippen molar-refractivity contribution in [2.24, 2.45) is 0 Å². The van der Waals surface area contributed by atoms with Crippen LogP contribution in [0.2, 0.25) is 0 Å². The summed E-state index contributed by atoms with van der Waals surface area (Å²) in [4.78, 5) is 25.9.